The monoisotopic (exact) mass is 320 g/mol. The molecule has 0 spiro atoms. The summed E-state index contributed by atoms with van der Waals surface area (Å²) < 4.78 is 0. The van der Waals surface area contributed by atoms with Crippen LogP contribution in [0.4, 0.5) is 0 Å². The molecule has 4 heteroatoms. The second kappa shape index (κ2) is 6.49. The van der Waals surface area contributed by atoms with E-state index in [4.69, 9.17) is 17.3 Å². The van der Waals surface area contributed by atoms with Gasteiger partial charge in [0.25, 0.3) is 0 Å². The van der Waals surface area contributed by atoms with E-state index in [1.807, 2.05) is 23.5 Å². The first-order valence-electron chi connectivity index (χ1n) is 7.43. The molecule has 0 aliphatic heterocycles. The van der Waals surface area contributed by atoms with Gasteiger partial charge in [-0.25, -0.2) is 0 Å². The Labute approximate surface area is 135 Å². The summed E-state index contributed by atoms with van der Waals surface area (Å²) in [6.45, 7) is 3.76. The van der Waals surface area contributed by atoms with Gasteiger partial charge in [0.05, 0.1) is 0 Å². The summed E-state index contributed by atoms with van der Waals surface area (Å²) in [5.41, 5.74) is 8.68. The van der Waals surface area contributed by atoms with Gasteiger partial charge in [-0.15, -0.1) is 11.3 Å². The number of thiophene rings is 1. The third-order valence-corrected chi connectivity index (χ3v) is 5.25. The molecule has 1 aliphatic rings. The molecule has 1 atom stereocenters. The van der Waals surface area contributed by atoms with Crippen molar-refractivity contribution in [2.75, 3.05) is 6.54 Å². The van der Waals surface area contributed by atoms with Crippen molar-refractivity contribution in [1.29, 1.82) is 0 Å². The van der Waals surface area contributed by atoms with Crippen molar-refractivity contribution < 1.29 is 0 Å². The maximum atomic E-state index is 6.14. The number of nitrogens with zero attached hydrogens (tertiary/aromatic N) is 1. The molecule has 21 heavy (non-hydrogen) atoms. The van der Waals surface area contributed by atoms with Crippen LogP contribution in [0.3, 0.4) is 0 Å². The van der Waals surface area contributed by atoms with Crippen molar-refractivity contribution in [1.82, 2.24) is 4.90 Å². The molecule has 112 valence electrons. The van der Waals surface area contributed by atoms with Gasteiger partial charge in [0.1, 0.15) is 0 Å². The predicted octanol–water partition coefficient (Wildman–Crippen LogP) is 4.37. The van der Waals surface area contributed by atoms with E-state index in [1.54, 1.807) is 0 Å². The number of aryl methyl sites for hydroxylation is 1. The van der Waals surface area contributed by atoms with Crippen LogP contribution < -0.4 is 5.73 Å². The molecule has 2 N–H and O–H groups in total. The lowest BCUT2D eigenvalue weighted by molar-refractivity contribution is 0.183. The normalized spacial score (nSPS) is 16.4. The van der Waals surface area contributed by atoms with Crippen molar-refractivity contribution in [3.8, 4) is 0 Å². The van der Waals surface area contributed by atoms with Gasteiger partial charge in [-0.05, 0) is 54.5 Å². The van der Waals surface area contributed by atoms with Crippen molar-refractivity contribution >= 4 is 22.9 Å². The van der Waals surface area contributed by atoms with Gasteiger partial charge >= 0.3 is 0 Å². The largest absolute Gasteiger partial charge is 0.329 e. The Hall–Kier alpha value is -0.870. The van der Waals surface area contributed by atoms with E-state index in [1.165, 1.54) is 28.8 Å². The van der Waals surface area contributed by atoms with E-state index in [0.29, 0.717) is 12.6 Å². The van der Waals surface area contributed by atoms with E-state index in [-0.39, 0.29) is 6.04 Å². The minimum absolute atomic E-state index is 0.275. The van der Waals surface area contributed by atoms with Gasteiger partial charge in [-0.1, -0.05) is 23.7 Å². The highest BCUT2D eigenvalue weighted by Crippen LogP contribution is 2.37. The topological polar surface area (TPSA) is 29.3 Å². The third-order valence-electron chi connectivity index (χ3n) is 4.15. The molecule has 0 radical (unpaired) electrons. The summed E-state index contributed by atoms with van der Waals surface area (Å²) in [4.78, 5) is 3.98. The Balaban J connectivity index is 1.88. The molecule has 2 nitrogen and oxygen atoms in total. The molecule has 1 heterocycles. The summed E-state index contributed by atoms with van der Waals surface area (Å²) in [6, 6.07) is 11.4. The first-order chi connectivity index (χ1) is 10.2. The van der Waals surface area contributed by atoms with Gasteiger partial charge in [0, 0.05) is 35.1 Å². The Kier molecular flexibility index (Phi) is 4.65. The number of hydrogen-bond acceptors (Lipinski definition) is 3. The van der Waals surface area contributed by atoms with Crippen LogP contribution in [0.15, 0.2) is 35.7 Å². The molecule has 1 aromatic heterocycles. The SMILES string of the molecule is Cc1cc(Cl)ccc1C(CN)N(Cc1cccs1)C1CC1. The van der Waals surface area contributed by atoms with Gasteiger partial charge < -0.3 is 5.73 Å². The van der Waals surface area contributed by atoms with Crippen LogP contribution in [0.25, 0.3) is 0 Å². The third kappa shape index (κ3) is 3.49. The Morgan fingerprint density at radius 1 is 1.38 bits per heavy atom. The lowest BCUT2D eigenvalue weighted by atomic mass is 9.99. The molecule has 1 aliphatic carbocycles. The summed E-state index contributed by atoms with van der Waals surface area (Å²) in [6.07, 6.45) is 2.57. The van der Waals surface area contributed by atoms with Crippen molar-refractivity contribution in [2.24, 2.45) is 5.73 Å². The van der Waals surface area contributed by atoms with E-state index >= 15 is 0 Å². The minimum atomic E-state index is 0.275. The van der Waals surface area contributed by atoms with E-state index < -0.39 is 0 Å². The Morgan fingerprint density at radius 2 is 2.19 bits per heavy atom. The summed E-state index contributed by atoms with van der Waals surface area (Å²) in [7, 11) is 0. The fourth-order valence-corrected chi connectivity index (χ4v) is 3.88. The zero-order valence-corrected chi connectivity index (χ0v) is 13.8. The zero-order valence-electron chi connectivity index (χ0n) is 12.3. The fourth-order valence-electron chi connectivity index (χ4n) is 2.94. The molecule has 0 amide bonds. The van der Waals surface area contributed by atoms with E-state index in [0.717, 1.165) is 11.6 Å². The van der Waals surface area contributed by atoms with Crippen LogP contribution in [-0.4, -0.2) is 17.5 Å². The smallest absolute Gasteiger partial charge is 0.0479 e. The molecular formula is C17H21ClN2S. The summed E-state index contributed by atoms with van der Waals surface area (Å²) in [5.74, 6) is 0. The molecule has 1 saturated carbocycles. The number of halogens is 1. The summed E-state index contributed by atoms with van der Waals surface area (Å²) >= 11 is 7.91. The van der Waals surface area contributed by atoms with Crippen molar-refractivity contribution in [2.45, 2.75) is 38.4 Å². The van der Waals surface area contributed by atoms with Crippen LogP contribution in [0.5, 0.6) is 0 Å². The van der Waals surface area contributed by atoms with Gasteiger partial charge in [-0.2, -0.15) is 0 Å². The second-order valence-electron chi connectivity index (χ2n) is 5.74. The maximum Gasteiger partial charge on any atom is 0.0479 e. The van der Waals surface area contributed by atoms with Gasteiger partial charge in [0.2, 0.25) is 0 Å². The van der Waals surface area contributed by atoms with Crippen molar-refractivity contribution in [3.63, 3.8) is 0 Å². The number of hydrogen-bond donors (Lipinski definition) is 1. The van der Waals surface area contributed by atoms with Crippen LogP contribution in [0, 0.1) is 6.92 Å². The fraction of sp³-hybridized carbons (Fsp3) is 0.412. The van der Waals surface area contributed by atoms with Crippen molar-refractivity contribution in [3.05, 3.63) is 56.7 Å². The highest BCUT2D eigenvalue weighted by atomic mass is 35.5. The Bertz CT molecular complexity index is 593. The molecule has 1 aromatic carbocycles. The van der Waals surface area contributed by atoms with Crippen LogP contribution in [-0.2, 0) is 6.54 Å². The van der Waals surface area contributed by atoms with Gasteiger partial charge in [0.15, 0.2) is 0 Å². The van der Waals surface area contributed by atoms with Crippen LogP contribution in [0.2, 0.25) is 5.02 Å². The Morgan fingerprint density at radius 3 is 2.76 bits per heavy atom. The number of benzene rings is 1. The number of nitrogens with two attached hydrogens (primary N) is 1. The average Bonchev–Trinajstić information content (AvgIpc) is 3.18. The quantitative estimate of drug-likeness (QED) is 0.856. The lowest BCUT2D eigenvalue weighted by Crippen LogP contribution is -2.35. The summed E-state index contributed by atoms with van der Waals surface area (Å²) in [5, 5.41) is 2.94. The first-order valence-corrected chi connectivity index (χ1v) is 8.69. The highest BCUT2D eigenvalue weighted by Gasteiger charge is 2.34. The van der Waals surface area contributed by atoms with Gasteiger partial charge in [-0.3, -0.25) is 4.90 Å². The molecular weight excluding hydrogens is 300 g/mol. The lowest BCUT2D eigenvalue weighted by Gasteiger charge is -2.32. The van der Waals surface area contributed by atoms with E-state index in [2.05, 4.69) is 35.4 Å². The predicted molar refractivity (Wildman–Crippen MR) is 90.9 cm³/mol. The molecule has 1 unspecified atom stereocenters. The van der Waals surface area contributed by atoms with E-state index in [9.17, 15) is 0 Å². The number of rotatable bonds is 6. The van der Waals surface area contributed by atoms with Crippen LogP contribution >= 0.6 is 22.9 Å². The second-order valence-corrected chi connectivity index (χ2v) is 7.20. The molecule has 1 fully saturated rings. The molecule has 3 rings (SSSR count). The highest BCUT2D eigenvalue weighted by molar-refractivity contribution is 7.09. The molecule has 0 bridgehead atoms. The van der Waals surface area contributed by atoms with Crippen LogP contribution in [0.1, 0.15) is 34.9 Å². The molecule has 0 saturated heterocycles. The zero-order chi connectivity index (χ0) is 14.8. The standard InChI is InChI=1S/C17H21ClN2S/c1-12-9-13(18)4-7-16(12)17(10-19)20(14-5-6-14)11-15-3-2-8-21-15/h2-4,7-9,14,17H,5-6,10-11,19H2,1H3. The minimum Gasteiger partial charge on any atom is -0.329 e. The molecule has 2 aromatic rings. The first kappa shape index (κ1) is 15.0. The average molecular weight is 321 g/mol. The maximum absolute atomic E-state index is 6.14.